The van der Waals surface area contributed by atoms with Crippen LogP contribution in [0, 0.1) is 0 Å². The summed E-state index contributed by atoms with van der Waals surface area (Å²) < 4.78 is 0. The summed E-state index contributed by atoms with van der Waals surface area (Å²) >= 11 is 0. The maximum atomic E-state index is 11.8. The van der Waals surface area contributed by atoms with Crippen LogP contribution >= 0.6 is 0 Å². The number of benzene rings is 1. The van der Waals surface area contributed by atoms with E-state index in [-0.39, 0.29) is 11.6 Å². The van der Waals surface area contributed by atoms with Crippen LogP contribution in [0.25, 0.3) is 0 Å². The highest BCUT2D eigenvalue weighted by molar-refractivity contribution is 5.96. The zero-order chi connectivity index (χ0) is 13.7. The number of anilines is 1. The van der Waals surface area contributed by atoms with Crippen molar-refractivity contribution in [2.24, 2.45) is 0 Å². The van der Waals surface area contributed by atoms with Crippen molar-refractivity contribution in [3.63, 3.8) is 0 Å². The molecule has 0 bridgehead atoms. The molecule has 0 heterocycles. The highest BCUT2D eigenvalue weighted by Crippen LogP contribution is 2.19. The van der Waals surface area contributed by atoms with Crippen molar-refractivity contribution >= 4 is 17.3 Å². The van der Waals surface area contributed by atoms with Crippen molar-refractivity contribution in [2.45, 2.75) is 39.0 Å². The molecule has 0 unspecified atom stereocenters. The van der Waals surface area contributed by atoms with Crippen molar-refractivity contribution in [3.8, 4) is 0 Å². The second kappa shape index (κ2) is 6.32. The fourth-order valence-electron chi connectivity index (χ4n) is 2.20. The van der Waals surface area contributed by atoms with Gasteiger partial charge in [0.15, 0.2) is 11.6 Å². The van der Waals surface area contributed by atoms with Gasteiger partial charge in [-0.05, 0) is 50.5 Å². The lowest BCUT2D eigenvalue weighted by Crippen LogP contribution is -2.02. The first-order valence-corrected chi connectivity index (χ1v) is 6.76. The van der Waals surface area contributed by atoms with Gasteiger partial charge in [0, 0.05) is 29.4 Å². The molecule has 1 saturated carbocycles. The molecule has 0 aromatic heterocycles. The number of allylic oxidation sites excluding steroid dienone is 1. The number of Topliss-reactive ketones (excluding diaryl/α,β-unsaturated/α-hetero) is 2. The van der Waals surface area contributed by atoms with E-state index < -0.39 is 0 Å². The lowest BCUT2D eigenvalue weighted by Gasteiger charge is -2.05. The summed E-state index contributed by atoms with van der Waals surface area (Å²) in [5.41, 5.74) is 2.48. The van der Waals surface area contributed by atoms with Gasteiger partial charge in [-0.1, -0.05) is 6.42 Å². The van der Waals surface area contributed by atoms with Crippen LogP contribution in [0.2, 0.25) is 0 Å². The Balaban J connectivity index is 2.04. The second-order valence-corrected chi connectivity index (χ2v) is 4.93. The molecule has 1 aliphatic rings. The van der Waals surface area contributed by atoms with E-state index in [9.17, 15) is 9.59 Å². The van der Waals surface area contributed by atoms with E-state index in [4.69, 9.17) is 0 Å². The molecule has 1 fully saturated rings. The summed E-state index contributed by atoms with van der Waals surface area (Å²) in [6.07, 6.45) is 6.56. The summed E-state index contributed by atoms with van der Waals surface area (Å²) in [4.78, 5) is 23.0. The molecule has 2 rings (SSSR count). The maximum Gasteiger partial charge on any atom is 0.160 e. The van der Waals surface area contributed by atoms with E-state index in [1.54, 1.807) is 19.1 Å². The van der Waals surface area contributed by atoms with Crippen LogP contribution in [-0.4, -0.2) is 11.6 Å². The van der Waals surface area contributed by atoms with Crippen LogP contribution in [0.5, 0.6) is 0 Å². The summed E-state index contributed by atoms with van der Waals surface area (Å²) in [7, 11) is 0. The Morgan fingerprint density at radius 3 is 2.47 bits per heavy atom. The molecule has 1 aromatic rings. The average molecular weight is 257 g/mol. The first-order valence-electron chi connectivity index (χ1n) is 6.76. The van der Waals surface area contributed by atoms with Gasteiger partial charge in [-0.3, -0.25) is 9.59 Å². The Bertz CT molecular complexity index is 500. The lowest BCUT2D eigenvalue weighted by molar-refractivity contribution is -0.115. The Kier molecular flexibility index (Phi) is 4.50. The molecular formula is C16H19NO2. The minimum atomic E-state index is 0.0591. The molecule has 0 radical (unpaired) electrons. The normalized spacial score (nSPS) is 18.2. The van der Waals surface area contributed by atoms with Crippen LogP contribution in [0.3, 0.4) is 0 Å². The van der Waals surface area contributed by atoms with Gasteiger partial charge >= 0.3 is 0 Å². The summed E-state index contributed by atoms with van der Waals surface area (Å²) in [5, 5.41) is 3.14. The summed E-state index contributed by atoms with van der Waals surface area (Å²) in [6.45, 7) is 1.55. The largest absolute Gasteiger partial charge is 0.361 e. The van der Waals surface area contributed by atoms with Crippen LogP contribution < -0.4 is 5.32 Å². The Morgan fingerprint density at radius 2 is 1.79 bits per heavy atom. The highest BCUT2D eigenvalue weighted by Gasteiger charge is 2.12. The Hall–Kier alpha value is -1.90. The van der Waals surface area contributed by atoms with Gasteiger partial charge in [0.05, 0.1) is 0 Å². The molecule has 0 amide bonds. The molecule has 0 spiro atoms. The fourth-order valence-corrected chi connectivity index (χ4v) is 2.20. The van der Waals surface area contributed by atoms with Gasteiger partial charge < -0.3 is 5.32 Å². The minimum absolute atomic E-state index is 0.0591. The summed E-state index contributed by atoms with van der Waals surface area (Å²) in [5.74, 6) is 0.314. The van der Waals surface area contributed by atoms with E-state index in [1.165, 1.54) is 0 Å². The van der Waals surface area contributed by atoms with E-state index in [0.29, 0.717) is 12.0 Å². The van der Waals surface area contributed by atoms with E-state index in [0.717, 1.165) is 36.9 Å². The molecule has 1 aliphatic carbocycles. The number of carbonyl (C=O) groups excluding carboxylic acids is 2. The third-order valence-electron chi connectivity index (χ3n) is 3.41. The molecule has 0 aliphatic heterocycles. The van der Waals surface area contributed by atoms with Crippen molar-refractivity contribution in [3.05, 3.63) is 41.6 Å². The van der Waals surface area contributed by atoms with Crippen molar-refractivity contribution in [2.75, 3.05) is 5.32 Å². The van der Waals surface area contributed by atoms with Crippen LogP contribution in [0.15, 0.2) is 36.0 Å². The van der Waals surface area contributed by atoms with Crippen molar-refractivity contribution in [1.82, 2.24) is 0 Å². The molecule has 0 atom stereocenters. The Morgan fingerprint density at radius 1 is 1.11 bits per heavy atom. The molecule has 3 nitrogen and oxygen atoms in total. The molecule has 19 heavy (non-hydrogen) atoms. The standard InChI is InChI=1S/C16H19NO2/c1-12(18)13-7-9-15(10-8-13)17-11-14-5-3-2-4-6-16(14)19/h7-11,17H,2-6H2,1H3. The fraction of sp³-hybridized carbons (Fsp3) is 0.375. The lowest BCUT2D eigenvalue weighted by atomic mass is 10.1. The van der Waals surface area contributed by atoms with Gasteiger partial charge in [0.2, 0.25) is 0 Å². The number of hydrogen-bond acceptors (Lipinski definition) is 3. The average Bonchev–Trinajstić information content (AvgIpc) is 2.61. The molecule has 1 N–H and O–H groups in total. The number of ketones is 2. The number of hydrogen-bond donors (Lipinski definition) is 1. The molecule has 1 aromatic carbocycles. The zero-order valence-electron chi connectivity index (χ0n) is 11.2. The number of nitrogens with one attached hydrogen (secondary N) is 1. The Labute approximate surface area is 113 Å². The van der Waals surface area contributed by atoms with E-state index >= 15 is 0 Å². The van der Waals surface area contributed by atoms with Crippen LogP contribution in [0.1, 0.15) is 49.4 Å². The topological polar surface area (TPSA) is 46.2 Å². The van der Waals surface area contributed by atoms with Gasteiger partial charge in [-0.2, -0.15) is 0 Å². The predicted molar refractivity (Wildman–Crippen MR) is 76.2 cm³/mol. The van der Waals surface area contributed by atoms with Gasteiger partial charge in [0.25, 0.3) is 0 Å². The van der Waals surface area contributed by atoms with E-state index in [2.05, 4.69) is 5.32 Å². The molecule has 0 saturated heterocycles. The minimum Gasteiger partial charge on any atom is -0.361 e. The smallest absolute Gasteiger partial charge is 0.160 e. The SMILES string of the molecule is CC(=O)c1ccc(NC=C2CCCCCC2=O)cc1. The maximum absolute atomic E-state index is 11.8. The van der Waals surface area contributed by atoms with Gasteiger partial charge in [-0.25, -0.2) is 0 Å². The summed E-state index contributed by atoms with van der Waals surface area (Å²) in [6, 6.07) is 7.29. The third-order valence-corrected chi connectivity index (χ3v) is 3.41. The molecular weight excluding hydrogens is 238 g/mol. The first-order chi connectivity index (χ1) is 9.16. The van der Waals surface area contributed by atoms with Crippen molar-refractivity contribution < 1.29 is 9.59 Å². The number of rotatable bonds is 3. The zero-order valence-corrected chi connectivity index (χ0v) is 11.2. The van der Waals surface area contributed by atoms with Gasteiger partial charge in [-0.15, -0.1) is 0 Å². The first kappa shape index (κ1) is 13.5. The quantitative estimate of drug-likeness (QED) is 0.510. The molecule has 100 valence electrons. The predicted octanol–water partition coefficient (Wildman–Crippen LogP) is 3.72. The monoisotopic (exact) mass is 257 g/mol. The van der Waals surface area contributed by atoms with E-state index in [1.807, 2.05) is 18.3 Å². The highest BCUT2D eigenvalue weighted by atomic mass is 16.1. The van der Waals surface area contributed by atoms with Crippen molar-refractivity contribution in [1.29, 1.82) is 0 Å². The van der Waals surface area contributed by atoms with Gasteiger partial charge in [0.1, 0.15) is 0 Å². The number of carbonyl (C=O) groups is 2. The van der Waals surface area contributed by atoms with Crippen LogP contribution in [-0.2, 0) is 4.79 Å². The third kappa shape index (κ3) is 3.78. The second-order valence-electron chi connectivity index (χ2n) is 4.93. The molecule has 3 heteroatoms. The van der Waals surface area contributed by atoms with Crippen LogP contribution in [0.4, 0.5) is 5.69 Å².